The molecule has 3 N–H and O–H groups in total. The Hall–Kier alpha value is -1.65. The monoisotopic (exact) mass is 277 g/mol. The maximum absolute atomic E-state index is 13.4. The summed E-state index contributed by atoms with van der Waals surface area (Å²) in [5.74, 6) is 0.777. The van der Waals surface area contributed by atoms with Crippen LogP contribution in [0.4, 0.5) is 4.39 Å². The van der Waals surface area contributed by atoms with E-state index in [1.807, 2.05) is 20.8 Å². The molecule has 1 heterocycles. The average molecular weight is 277 g/mol. The van der Waals surface area contributed by atoms with E-state index in [9.17, 15) is 9.50 Å². The van der Waals surface area contributed by atoms with Crippen LogP contribution in [-0.4, -0.2) is 11.7 Å². The van der Waals surface area contributed by atoms with Crippen molar-refractivity contribution in [2.45, 2.75) is 32.8 Å². The molecule has 20 heavy (non-hydrogen) atoms. The summed E-state index contributed by atoms with van der Waals surface area (Å²) in [6.07, 6.45) is -0.806. The molecule has 4 heteroatoms. The van der Waals surface area contributed by atoms with Crippen LogP contribution in [0.25, 0.3) is 0 Å². The number of furan rings is 1. The SMILES string of the molecule is Cc1oc(C)c(C(O)C(CN)c2cccc(F)c2)c1C. The minimum atomic E-state index is -0.806. The fourth-order valence-electron chi connectivity index (χ4n) is 2.63. The lowest BCUT2D eigenvalue weighted by Crippen LogP contribution is -2.21. The minimum absolute atomic E-state index is 0.230. The lowest BCUT2D eigenvalue weighted by molar-refractivity contribution is 0.145. The molecule has 2 atom stereocenters. The molecule has 3 nitrogen and oxygen atoms in total. The van der Waals surface area contributed by atoms with Crippen LogP contribution in [0.3, 0.4) is 0 Å². The summed E-state index contributed by atoms with van der Waals surface area (Å²) in [5.41, 5.74) is 8.15. The average Bonchev–Trinajstić information content (AvgIpc) is 2.64. The second kappa shape index (κ2) is 5.77. The highest BCUT2D eigenvalue weighted by Crippen LogP contribution is 2.36. The van der Waals surface area contributed by atoms with Crippen LogP contribution in [-0.2, 0) is 0 Å². The normalized spacial score (nSPS) is 14.3. The van der Waals surface area contributed by atoms with Crippen molar-refractivity contribution < 1.29 is 13.9 Å². The number of nitrogens with two attached hydrogens (primary N) is 1. The van der Waals surface area contributed by atoms with E-state index in [4.69, 9.17) is 10.2 Å². The molecule has 0 aliphatic rings. The highest BCUT2D eigenvalue weighted by atomic mass is 19.1. The zero-order valence-corrected chi connectivity index (χ0v) is 12.0. The fourth-order valence-corrected chi connectivity index (χ4v) is 2.63. The highest BCUT2D eigenvalue weighted by Gasteiger charge is 2.27. The van der Waals surface area contributed by atoms with E-state index in [-0.39, 0.29) is 18.3 Å². The first-order valence-corrected chi connectivity index (χ1v) is 6.65. The Balaban J connectivity index is 2.41. The molecule has 0 amide bonds. The number of hydrogen-bond acceptors (Lipinski definition) is 3. The number of hydrogen-bond donors (Lipinski definition) is 2. The van der Waals surface area contributed by atoms with Crippen LogP contribution in [0.5, 0.6) is 0 Å². The first-order chi connectivity index (χ1) is 9.45. The van der Waals surface area contributed by atoms with Crippen molar-refractivity contribution in [1.82, 2.24) is 0 Å². The second-order valence-electron chi connectivity index (χ2n) is 5.10. The summed E-state index contributed by atoms with van der Waals surface area (Å²) in [6.45, 7) is 5.81. The van der Waals surface area contributed by atoms with Crippen molar-refractivity contribution in [2.75, 3.05) is 6.54 Å². The van der Waals surface area contributed by atoms with E-state index in [1.54, 1.807) is 12.1 Å². The van der Waals surface area contributed by atoms with Crippen molar-refractivity contribution in [2.24, 2.45) is 5.73 Å². The van der Waals surface area contributed by atoms with Gasteiger partial charge in [-0.15, -0.1) is 0 Å². The Morgan fingerprint density at radius 3 is 2.45 bits per heavy atom. The van der Waals surface area contributed by atoms with Crippen LogP contribution in [0.1, 0.15) is 40.2 Å². The van der Waals surface area contributed by atoms with Crippen LogP contribution in [0.15, 0.2) is 28.7 Å². The molecule has 0 aliphatic carbocycles. The number of halogens is 1. The summed E-state index contributed by atoms with van der Waals surface area (Å²) >= 11 is 0. The third-order valence-electron chi connectivity index (χ3n) is 3.83. The van der Waals surface area contributed by atoms with Gasteiger partial charge in [-0.3, -0.25) is 0 Å². The van der Waals surface area contributed by atoms with E-state index in [0.717, 1.165) is 16.9 Å². The van der Waals surface area contributed by atoms with Gasteiger partial charge < -0.3 is 15.3 Å². The van der Waals surface area contributed by atoms with Crippen LogP contribution < -0.4 is 5.73 Å². The first-order valence-electron chi connectivity index (χ1n) is 6.65. The Labute approximate surface area is 118 Å². The molecular formula is C16H20FNO2. The van der Waals surface area contributed by atoms with Gasteiger partial charge in [-0.1, -0.05) is 12.1 Å². The molecule has 0 saturated carbocycles. The topological polar surface area (TPSA) is 59.4 Å². The summed E-state index contributed by atoms with van der Waals surface area (Å²) in [6, 6.07) is 6.20. The van der Waals surface area contributed by atoms with Crippen LogP contribution in [0, 0.1) is 26.6 Å². The van der Waals surface area contributed by atoms with Gasteiger partial charge in [-0.25, -0.2) is 4.39 Å². The Morgan fingerprint density at radius 2 is 1.95 bits per heavy atom. The zero-order chi connectivity index (χ0) is 14.9. The maximum Gasteiger partial charge on any atom is 0.123 e. The molecule has 108 valence electrons. The van der Waals surface area contributed by atoms with Gasteiger partial charge in [0.25, 0.3) is 0 Å². The molecule has 0 fully saturated rings. The van der Waals surface area contributed by atoms with Crippen molar-refractivity contribution in [3.8, 4) is 0 Å². The van der Waals surface area contributed by atoms with Gasteiger partial charge in [0, 0.05) is 18.0 Å². The fraction of sp³-hybridized carbons (Fsp3) is 0.375. The van der Waals surface area contributed by atoms with E-state index < -0.39 is 6.10 Å². The Morgan fingerprint density at radius 1 is 1.25 bits per heavy atom. The number of rotatable bonds is 4. The van der Waals surface area contributed by atoms with Gasteiger partial charge in [0.15, 0.2) is 0 Å². The quantitative estimate of drug-likeness (QED) is 0.902. The molecule has 0 aliphatic heterocycles. The summed E-state index contributed by atoms with van der Waals surface area (Å²) in [7, 11) is 0. The number of aliphatic hydroxyl groups is 1. The van der Waals surface area contributed by atoms with Gasteiger partial charge >= 0.3 is 0 Å². The van der Waals surface area contributed by atoms with Crippen molar-refractivity contribution in [1.29, 1.82) is 0 Å². The van der Waals surface area contributed by atoms with E-state index >= 15 is 0 Å². The first kappa shape index (κ1) is 14.8. The molecule has 1 aromatic heterocycles. The van der Waals surface area contributed by atoms with E-state index in [0.29, 0.717) is 11.3 Å². The number of aryl methyl sites for hydroxylation is 2. The standard InChI is InChI=1S/C16H20FNO2/c1-9-10(2)20-11(3)15(9)16(19)14(8-18)12-5-4-6-13(17)7-12/h4-7,14,16,19H,8,18H2,1-3H3. The van der Waals surface area contributed by atoms with Gasteiger partial charge in [0.05, 0.1) is 6.10 Å². The lowest BCUT2D eigenvalue weighted by Gasteiger charge is -2.22. The van der Waals surface area contributed by atoms with Crippen molar-refractivity contribution in [3.63, 3.8) is 0 Å². The predicted octanol–water partition coefficient (Wildman–Crippen LogP) is 3.12. The molecule has 0 radical (unpaired) electrons. The molecule has 2 unspecified atom stereocenters. The number of benzene rings is 1. The third-order valence-corrected chi connectivity index (χ3v) is 3.83. The van der Waals surface area contributed by atoms with Gasteiger partial charge in [-0.05, 0) is 44.0 Å². The minimum Gasteiger partial charge on any atom is -0.466 e. The summed E-state index contributed by atoms with van der Waals surface area (Å²) < 4.78 is 18.9. The van der Waals surface area contributed by atoms with Crippen LogP contribution in [0.2, 0.25) is 0 Å². The smallest absolute Gasteiger partial charge is 0.123 e. The summed E-state index contributed by atoms with van der Waals surface area (Å²) in [4.78, 5) is 0. The Kier molecular flexibility index (Phi) is 4.26. The predicted molar refractivity (Wildman–Crippen MR) is 76.1 cm³/mol. The third kappa shape index (κ3) is 2.62. The number of aliphatic hydroxyl groups excluding tert-OH is 1. The maximum atomic E-state index is 13.4. The zero-order valence-electron chi connectivity index (χ0n) is 12.0. The lowest BCUT2D eigenvalue weighted by atomic mass is 9.87. The van der Waals surface area contributed by atoms with Gasteiger partial charge in [0.1, 0.15) is 17.3 Å². The highest BCUT2D eigenvalue weighted by molar-refractivity contribution is 5.36. The molecule has 1 aromatic carbocycles. The molecule has 2 rings (SSSR count). The largest absolute Gasteiger partial charge is 0.466 e. The van der Waals surface area contributed by atoms with Crippen molar-refractivity contribution in [3.05, 3.63) is 58.3 Å². The van der Waals surface area contributed by atoms with Crippen molar-refractivity contribution >= 4 is 0 Å². The second-order valence-corrected chi connectivity index (χ2v) is 5.10. The van der Waals surface area contributed by atoms with E-state index in [2.05, 4.69) is 0 Å². The van der Waals surface area contributed by atoms with E-state index in [1.165, 1.54) is 12.1 Å². The van der Waals surface area contributed by atoms with Gasteiger partial charge in [-0.2, -0.15) is 0 Å². The van der Waals surface area contributed by atoms with Gasteiger partial charge in [0.2, 0.25) is 0 Å². The molecule has 0 bridgehead atoms. The molecular weight excluding hydrogens is 257 g/mol. The van der Waals surface area contributed by atoms with Crippen LogP contribution >= 0.6 is 0 Å². The molecule has 2 aromatic rings. The molecule has 0 saturated heterocycles. The Bertz CT molecular complexity index is 607. The summed E-state index contributed by atoms with van der Waals surface area (Å²) in [5, 5.41) is 10.6. The molecule has 0 spiro atoms.